The van der Waals surface area contributed by atoms with Gasteiger partial charge in [-0.15, -0.1) is 0 Å². The number of benzene rings is 4. The summed E-state index contributed by atoms with van der Waals surface area (Å²) in [5.74, 6) is -0.871. The molecule has 4 heterocycles. The van der Waals surface area contributed by atoms with Crippen LogP contribution in [0.2, 0.25) is 0 Å². The van der Waals surface area contributed by atoms with E-state index in [9.17, 15) is 37.1 Å². The van der Waals surface area contributed by atoms with Crippen LogP contribution in [0.4, 0.5) is 24.5 Å². The van der Waals surface area contributed by atoms with E-state index in [-0.39, 0.29) is 55.2 Å². The number of alkyl halides is 3. The number of halogens is 3. The van der Waals surface area contributed by atoms with Gasteiger partial charge in [-0.1, -0.05) is 24.3 Å². The number of fused-ring (bicyclic) bond motifs is 2. The van der Waals surface area contributed by atoms with Gasteiger partial charge in [0.2, 0.25) is 11.8 Å². The molecule has 0 aliphatic carbocycles. The number of hydrogen-bond donors (Lipinski definition) is 3. The van der Waals surface area contributed by atoms with Gasteiger partial charge in [0.15, 0.2) is 0 Å². The number of nitrogens with zero attached hydrogens (tertiary/aromatic N) is 3. The number of ether oxygens (including phenoxy) is 2. The fourth-order valence-corrected chi connectivity index (χ4v) is 9.46. The first-order valence-corrected chi connectivity index (χ1v) is 23.9. The third-order valence-corrected chi connectivity index (χ3v) is 13.2. The van der Waals surface area contributed by atoms with Crippen molar-refractivity contribution in [3.8, 4) is 11.5 Å². The summed E-state index contributed by atoms with van der Waals surface area (Å²) in [7, 11) is 0. The molecule has 16 heteroatoms. The lowest BCUT2D eigenvalue weighted by atomic mass is 9.82. The van der Waals surface area contributed by atoms with Gasteiger partial charge >= 0.3 is 12.1 Å². The highest BCUT2D eigenvalue weighted by Gasteiger charge is 2.47. The molecule has 370 valence electrons. The number of amides is 5. The summed E-state index contributed by atoms with van der Waals surface area (Å²) in [6, 6.07) is 26.0. The molecule has 0 saturated carbocycles. The fourth-order valence-electron chi connectivity index (χ4n) is 9.46. The number of anilines is 2. The van der Waals surface area contributed by atoms with Crippen molar-refractivity contribution in [1.29, 1.82) is 0 Å². The van der Waals surface area contributed by atoms with E-state index >= 15 is 0 Å². The Labute approximate surface area is 407 Å². The Kier molecular flexibility index (Phi) is 15.5. The highest BCUT2D eigenvalue weighted by Crippen LogP contribution is 2.46. The number of carbonyl (C=O) groups is 5. The summed E-state index contributed by atoms with van der Waals surface area (Å²) in [5, 5.41) is 9.03. The van der Waals surface area contributed by atoms with E-state index in [0.29, 0.717) is 54.3 Å². The van der Waals surface area contributed by atoms with Crippen LogP contribution < -0.4 is 25.4 Å². The minimum absolute atomic E-state index is 0.0469. The quantitative estimate of drug-likeness (QED) is 0.143. The Morgan fingerprint density at radius 3 is 1.34 bits per heavy atom. The lowest BCUT2D eigenvalue weighted by Crippen LogP contribution is -2.52. The van der Waals surface area contributed by atoms with Crippen LogP contribution >= 0.6 is 0 Å². The average Bonchev–Trinajstić information content (AvgIpc) is 3.34. The van der Waals surface area contributed by atoms with E-state index in [1.54, 1.807) is 35.2 Å². The van der Waals surface area contributed by atoms with Gasteiger partial charge in [0.1, 0.15) is 22.7 Å². The lowest BCUT2D eigenvalue weighted by molar-refractivity contribution is -0.187. The number of rotatable bonds is 10. The van der Waals surface area contributed by atoms with E-state index in [1.165, 1.54) is 13.8 Å². The third-order valence-electron chi connectivity index (χ3n) is 13.2. The van der Waals surface area contributed by atoms with Crippen molar-refractivity contribution in [2.75, 3.05) is 63.0 Å². The van der Waals surface area contributed by atoms with Gasteiger partial charge in [-0.05, 0) is 136 Å². The molecule has 70 heavy (non-hydrogen) atoms. The molecule has 4 aliphatic heterocycles. The van der Waals surface area contributed by atoms with Crippen molar-refractivity contribution in [3.63, 3.8) is 0 Å². The Morgan fingerprint density at radius 1 is 0.600 bits per heavy atom. The molecule has 4 aromatic carbocycles. The number of nitrogens with one attached hydrogen (secondary N) is 3. The number of piperidine rings is 2. The molecular weight excluding hydrogens is 902 g/mol. The Balaban J connectivity index is 0.000000209. The van der Waals surface area contributed by atoms with E-state index < -0.39 is 17.7 Å². The first kappa shape index (κ1) is 50.9. The number of likely N-dealkylation sites (tertiary alicyclic amines) is 1. The standard InChI is InChI=1S/C28H30F3N3O4.C26H31N3O3/c1-4-33(5-2)25(36)20-8-6-19(7-9-20)23-17-27(12-14-34(15-13-27)26(37)28(29,30)31)38-24-11-10-21(16-22(23)24)32-18(3)35;1-4-29(5-2)25(31)20-8-6-19(7-9-20)23-17-26(12-14-27-15-13-26)32-24-11-10-21(16-22(23)24)28-18(3)30/h6-11,16-17H,4-5,12-15H2,1-3H3,(H,32,35);6-11,16-17,27H,4-5,12-15H2,1-3H3,(H,28,30). The summed E-state index contributed by atoms with van der Waals surface area (Å²) in [5.41, 5.74) is 6.61. The molecule has 3 N–H and O–H groups in total. The zero-order valence-corrected chi connectivity index (χ0v) is 40.6. The van der Waals surface area contributed by atoms with Gasteiger partial charge in [0.05, 0.1) is 0 Å². The van der Waals surface area contributed by atoms with E-state index in [0.717, 1.165) is 70.1 Å². The van der Waals surface area contributed by atoms with Crippen LogP contribution in [0.3, 0.4) is 0 Å². The minimum atomic E-state index is -4.92. The molecular formula is C54H61F3N6O7. The van der Waals surface area contributed by atoms with Crippen LogP contribution in [0.25, 0.3) is 11.1 Å². The highest BCUT2D eigenvalue weighted by atomic mass is 19.4. The topological polar surface area (TPSA) is 150 Å². The predicted octanol–water partition coefficient (Wildman–Crippen LogP) is 8.95. The van der Waals surface area contributed by atoms with Crippen molar-refractivity contribution in [3.05, 3.63) is 130 Å². The van der Waals surface area contributed by atoms with Crippen LogP contribution in [0.15, 0.2) is 97.1 Å². The second kappa shape index (κ2) is 21.4. The van der Waals surface area contributed by atoms with E-state index in [1.807, 2.05) is 93.3 Å². The number of carbonyl (C=O) groups excluding carboxylic acids is 5. The smallest absolute Gasteiger partial charge is 0.471 e. The SMILES string of the molecule is CCN(CC)C(=O)c1ccc(C2=CC3(CCN(C(=O)C(F)(F)F)CC3)Oc3ccc(NC(C)=O)cc32)cc1.CCN(CC)C(=O)c1ccc(C2=CC3(CCNCC3)Oc3ccc(NC(C)=O)cc32)cc1. The van der Waals surface area contributed by atoms with Crippen molar-refractivity contribution >= 4 is 52.1 Å². The zero-order chi connectivity index (χ0) is 50.4. The Bertz CT molecular complexity index is 2660. The lowest BCUT2D eigenvalue weighted by Gasteiger charge is -2.43. The highest BCUT2D eigenvalue weighted by molar-refractivity contribution is 5.97. The van der Waals surface area contributed by atoms with Crippen LogP contribution in [0.1, 0.15) is 110 Å². The molecule has 0 bridgehead atoms. The largest absolute Gasteiger partial charge is 0.482 e. The molecule has 2 spiro atoms. The molecule has 4 aliphatic rings. The zero-order valence-electron chi connectivity index (χ0n) is 40.6. The maximum absolute atomic E-state index is 13.0. The molecule has 0 atom stereocenters. The number of hydrogen-bond acceptors (Lipinski definition) is 8. The second-order valence-corrected chi connectivity index (χ2v) is 17.9. The van der Waals surface area contributed by atoms with E-state index in [2.05, 4.69) is 22.0 Å². The molecule has 0 radical (unpaired) electrons. The van der Waals surface area contributed by atoms with Gasteiger partial charge in [0.25, 0.3) is 11.8 Å². The fraction of sp³-hybridized carbons (Fsp3) is 0.389. The normalized spacial score (nSPS) is 16.4. The summed E-state index contributed by atoms with van der Waals surface area (Å²) in [6.45, 7) is 14.9. The van der Waals surface area contributed by atoms with Gasteiger partial charge in [-0.3, -0.25) is 24.0 Å². The molecule has 13 nitrogen and oxygen atoms in total. The predicted molar refractivity (Wildman–Crippen MR) is 264 cm³/mol. The van der Waals surface area contributed by atoms with E-state index in [4.69, 9.17) is 9.47 Å². The monoisotopic (exact) mass is 962 g/mol. The van der Waals surface area contributed by atoms with Crippen LogP contribution in [-0.2, 0) is 14.4 Å². The van der Waals surface area contributed by atoms with Gasteiger partial charge < -0.3 is 40.1 Å². The Morgan fingerprint density at radius 2 is 0.986 bits per heavy atom. The maximum Gasteiger partial charge on any atom is 0.471 e. The van der Waals surface area contributed by atoms with Crippen LogP contribution in [0.5, 0.6) is 11.5 Å². The first-order chi connectivity index (χ1) is 33.4. The second-order valence-electron chi connectivity index (χ2n) is 17.9. The molecule has 2 saturated heterocycles. The first-order valence-electron chi connectivity index (χ1n) is 23.9. The molecule has 8 rings (SSSR count). The average molecular weight is 963 g/mol. The summed E-state index contributed by atoms with van der Waals surface area (Å²) >= 11 is 0. The van der Waals surface area contributed by atoms with Crippen LogP contribution in [-0.4, -0.2) is 114 Å². The summed E-state index contributed by atoms with van der Waals surface area (Å²) < 4.78 is 51.8. The summed E-state index contributed by atoms with van der Waals surface area (Å²) in [4.78, 5) is 64.8. The molecule has 2 fully saturated rings. The molecule has 0 aromatic heterocycles. The molecule has 5 amide bonds. The Hall–Kier alpha value is -6.94. The van der Waals surface area contributed by atoms with Gasteiger partial charge in [0, 0.05) is 112 Å². The van der Waals surface area contributed by atoms with Crippen molar-refractivity contribution in [2.24, 2.45) is 0 Å². The van der Waals surface area contributed by atoms with Crippen LogP contribution in [0, 0.1) is 0 Å². The third kappa shape index (κ3) is 11.4. The van der Waals surface area contributed by atoms with Crippen molar-refractivity contribution in [1.82, 2.24) is 20.0 Å². The molecule has 0 unspecified atom stereocenters. The van der Waals surface area contributed by atoms with Gasteiger partial charge in [-0.25, -0.2) is 0 Å². The van der Waals surface area contributed by atoms with Crippen molar-refractivity contribution in [2.45, 2.75) is 84.6 Å². The summed E-state index contributed by atoms with van der Waals surface area (Å²) in [6.07, 6.45) is 1.35. The van der Waals surface area contributed by atoms with Crippen molar-refractivity contribution < 1.29 is 46.6 Å². The minimum Gasteiger partial charge on any atom is -0.482 e. The molecule has 4 aromatic rings. The maximum atomic E-state index is 13.0. The van der Waals surface area contributed by atoms with Gasteiger partial charge in [-0.2, -0.15) is 13.2 Å².